The molecule has 0 N–H and O–H groups in total. The minimum atomic E-state index is 1.06. The van der Waals surface area contributed by atoms with E-state index in [0.29, 0.717) is 0 Å². The third-order valence-corrected chi connectivity index (χ3v) is 10.8. The van der Waals surface area contributed by atoms with Gasteiger partial charge in [-0.1, -0.05) is 129 Å². The summed E-state index contributed by atoms with van der Waals surface area (Å²) < 4.78 is 11.7. The van der Waals surface area contributed by atoms with Crippen LogP contribution in [0.3, 0.4) is 0 Å². The number of thiophene rings is 1. The molecule has 234 valence electrons. The molecule has 0 fully saturated rings. The predicted octanol–water partition coefficient (Wildman–Crippen LogP) is 9.65. The number of fused-ring (bicyclic) bond motifs is 7. The van der Waals surface area contributed by atoms with Gasteiger partial charge in [0.05, 0.1) is 21.4 Å². The Morgan fingerprint density at radius 1 is 0.400 bits per heavy atom. The monoisotopic (exact) mass is 659 g/mol. The quantitative estimate of drug-likeness (QED) is 0.164. The zero-order valence-corrected chi connectivity index (χ0v) is 27.9. The maximum atomic E-state index is 2.48. The Labute approximate surface area is 293 Å². The molecule has 0 atom stereocenters. The van der Waals surface area contributed by atoms with Gasteiger partial charge in [0.15, 0.2) is 0 Å². The third kappa shape index (κ3) is 4.71. The molecule has 0 aliphatic rings. The van der Waals surface area contributed by atoms with E-state index in [2.05, 4.69) is 207 Å². The summed E-state index contributed by atoms with van der Waals surface area (Å²) in [5, 5.41) is 5.12. The zero-order valence-electron chi connectivity index (χ0n) is 27.1. The summed E-state index contributed by atoms with van der Waals surface area (Å²) in [6, 6.07) is 60.9. The second-order valence-electron chi connectivity index (χ2n) is 12.6. The van der Waals surface area contributed by atoms with Crippen molar-refractivity contribution in [2.45, 2.75) is 0 Å². The number of aromatic nitrogens is 4. The summed E-state index contributed by atoms with van der Waals surface area (Å²) in [5.41, 5.74) is 9.22. The van der Waals surface area contributed by atoms with Crippen molar-refractivity contribution in [2.75, 3.05) is 0 Å². The van der Waals surface area contributed by atoms with Crippen molar-refractivity contribution in [3.8, 4) is 33.9 Å². The molecule has 0 aliphatic heterocycles. The Morgan fingerprint density at radius 2 is 0.980 bits per heavy atom. The van der Waals surface area contributed by atoms with Gasteiger partial charge in [0, 0.05) is 62.6 Å². The van der Waals surface area contributed by atoms with E-state index in [1.165, 1.54) is 53.1 Å². The molecule has 10 rings (SSSR count). The summed E-state index contributed by atoms with van der Waals surface area (Å²) in [4.78, 5) is 0. The lowest BCUT2D eigenvalue weighted by molar-refractivity contribution is -0.858. The van der Waals surface area contributed by atoms with Gasteiger partial charge in [0.1, 0.15) is 0 Å². The minimum absolute atomic E-state index is 1.06. The van der Waals surface area contributed by atoms with Crippen LogP contribution < -0.4 is 13.7 Å². The summed E-state index contributed by atoms with van der Waals surface area (Å²) in [5.74, 6) is 0. The molecule has 0 saturated carbocycles. The zero-order chi connectivity index (χ0) is 33.0. The Balaban J connectivity index is 1.24. The Hall–Kier alpha value is -6.43. The molecule has 5 heteroatoms. The molecular formula is C45H31N4S+3. The predicted molar refractivity (Wildman–Crippen MR) is 204 cm³/mol. The highest BCUT2D eigenvalue weighted by molar-refractivity contribution is 7.26. The molecule has 3 heterocycles. The maximum absolute atomic E-state index is 2.48. The van der Waals surface area contributed by atoms with Crippen molar-refractivity contribution in [1.29, 1.82) is 0 Å². The fourth-order valence-corrected chi connectivity index (χ4v) is 8.48. The first-order valence-corrected chi connectivity index (χ1v) is 17.6. The number of para-hydroxylation sites is 2. The van der Waals surface area contributed by atoms with Crippen molar-refractivity contribution < 1.29 is 13.7 Å². The molecule has 0 saturated heterocycles. The number of benzene rings is 7. The second kappa shape index (κ2) is 11.6. The van der Waals surface area contributed by atoms with E-state index in [1.54, 1.807) is 0 Å². The van der Waals surface area contributed by atoms with Gasteiger partial charge < -0.3 is 4.57 Å². The van der Waals surface area contributed by atoms with Crippen LogP contribution in [-0.4, -0.2) is 4.57 Å². The standard InChI is InChI=1S/C45H31N4S/c1-4-13-32(14-5-1)33-23-24-38-40-25-26-41-39-21-10-11-22-43(39)50-45(41)44(40)49(42(38)27-33)37-20-12-19-36(28-37)48-30-46(34-15-6-2-7-16-34)29-47(31-48)35-17-8-3-9-18-35/h1-31H/q+3. The first-order chi connectivity index (χ1) is 24.8. The van der Waals surface area contributed by atoms with Crippen LogP contribution in [0.1, 0.15) is 0 Å². The SMILES string of the molecule is c1ccc(-c2ccc3c4ccc5c6ccccc6sc5c4n(-c4cccc(-[n+]5c[n+](-c6ccccc6)c[n+](-c6ccccc6)c5)c4)c3c2)cc1. The van der Waals surface area contributed by atoms with Crippen molar-refractivity contribution in [2.24, 2.45) is 0 Å². The first kappa shape index (κ1) is 28.6. The Kier molecular flexibility index (Phi) is 6.64. The highest BCUT2D eigenvalue weighted by atomic mass is 32.1. The van der Waals surface area contributed by atoms with Crippen LogP contribution in [0.15, 0.2) is 189 Å². The van der Waals surface area contributed by atoms with E-state index in [9.17, 15) is 0 Å². The van der Waals surface area contributed by atoms with Crippen LogP contribution >= 0.6 is 11.3 Å². The molecule has 0 amide bonds. The number of nitrogens with zero attached hydrogens (tertiary/aromatic N) is 4. The normalized spacial score (nSPS) is 11.6. The Bertz CT molecular complexity index is 2800. The van der Waals surface area contributed by atoms with Gasteiger partial charge in [-0.25, -0.2) is 0 Å². The topological polar surface area (TPSA) is 16.6 Å². The van der Waals surface area contributed by atoms with Gasteiger partial charge in [0.25, 0.3) is 0 Å². The Morgan fingerprint density at radius 3 is 1.70 bits per heavy atom. The highest BCUT2D eigenvalue weighted by Crippen LogP contribution is 2.43. The fourth-order valence-electron chi connectivity index (χ4n) is 7.24. The summed E-state index contributed by atoms with van der Waals surface area (Å²) in [6.07, 6.45) is 6.43. The first-order valence-electron chi connectivity index (χ1n) is 16.8. The van der Waals surface area contributed by atoms with E-state index in [0.717, 1.165) is 22.7 Å². The van der Waals surface area contributed by atoms with Gasteiger partial charge in [-0.15, -0.1) is 11.3 Å². The van der Waals surface area contributed by atoms with Gasteiger partial charge in [0.2, 0.25) is 17.1 Å². The van der Waals surface area contributed by atoms with Crippen molar-refractivity contribution in [1.82, 2.24) is 4.57 Å². The van der Waals surface area contributed by atoms with Crippen LogP contribution in [0.5, 0.6) is 0 Å². The molecule has 0 unspecified atom stereocenters. The van der Waals surface area contributed by atoms with Gasteiger partial charge in [-0.05, 0) is 29.3 Å². The third-order valence-electron chi connectivity index (χ3n) is 9.62. The maximum Gasteiger partial charge on any atom is 0.428 e. The molecule has 10 aromatic rings. The van der Waals surface area contributed by atoms with E-state index in [1.807, 2.05) is 11.3 Å². The minimum Gasteiger partial charge on any atom is -0.308 e. The van der Waals surface area contributed by atoms with Gasteiger partial charge in [-0.3, -0.25) is 0 Å². The summed E-state index contributed by atoms with van der Waals surface area (Å²) in [7, 11) is 0. The lowest BCUT2D eigenvalue weighted by atomic mass is 10.0. The van der Waals surface area contributed by atoms with E-state index in [4.69, 9.17) is 0 Å². The van der Waals surface area contributed by atoms with Crippen molar-refractivity contribution in [3.63, 3.8) is 0 Å². The highest BCUT2D eigenvalue weighted by Gasteiger charge is 2.26. The number of hydrogen-bond donors (Lipinski definition) is 0. The van der Waals surface area contributed by atoms with Crippen LogP contribution in [0.25, 0.3) is 75.9 Å². The molecule has 0 aliphatic carbocycles. The lowest BCUT2D eigenvalue weighted by Gasteiger charge is -2.10. The molecule has 0 spiro atoms. The second-order valence-corrected chi connectivity index (χ2v) is 13.7. The number of rotatable bonds is 5. The van der Waals surface area contributed by atoms with Crippen LogP contribution in [0.2, 0.25) is 0 Å². The molecule has 50 heavy (non-hydrogen) atoms. The van der Waals surface area contributed by atoms with Crippen molar-refractivity contribution in [3.05, 3.63) is 189 Å². The molecule has 0 radical (unpaired) electrons. The molecule has 0 bridgehead atoms. The van der Waals surface area contributed by atoms with Crippen LogP contribution in [0, 0.1) is 0 Å². The van der Waals surface area contributed by atoms with E-state index < -0.39 is 0 Å². The summed E-state index contributed by atoms with van der Waals surface area (Å²) >= 11 is 1.88. The smallest absolute Gasteiger partial charge is 0.308 e. The fraction of sp³-hybridized carbons (Fsp3) is 0. The van der Waals surface area contributed by atoms with Crippen molar-refractivity contribution >= 4 is 53.3 Å². The van der Waals surface area contributed by atoms with Crippen LogP contribution in [0.4, 0.5) is 0 Å². The van der Waals surface area contributed by atoms with Gasteiger partial charge in [-0.2, -0.15) is 0 Å². The summed E-state index contributed by atoms with van der Waals surface area (Å²) in [6.45, 7) is 0. The molecule has 4 nitrogen and oxygen atoms in total. The van der Waals surface area contributed by atoms with Crippen LogP contribution in [-0.2, 0) is 0 Å². The molecular weight excluding hydrogens is 629 g/mol. The average molecular weight is 660 g/mol. The lowest BCUT2D eigenvalue weighted by Crippen LogP contribution is -2.55. The molecule has 7 aromatic carbocycles. The average Bonchev–Trinajstić information content (AvgIpc) is 3.74. The van der Waals surface area contributed by atoms with Gasteiger partial charge >= 0.3 is 19.0 Å². The number of hydrogen-bond acceptors (Lipinski definition) is 1. The largest absolute Gasteiger partial charge is 0.428 e. The van der Waals surface area contributed by atoms with E-state index in [-0.39, 0.29) is 0 Å². The molecule has 3 aromatic heterocycles. The van der Waals surface area contributed by atoms with E-state index >= 15 is 0 Å².